The fourth-order valence-electron chi connectivity index (χ4n) is 1.71. The van der Waals surface area contributed by atoms with E-state index in [0.29, 0.717) is 10.9 Å². The third-order valence-corrected chi connectivity index (χ3v) is 2.52. The number of nitrogens with two attached hydrogens (primary N) is 1. The number of nitrogen functional groups attached to an aromatic ring is 1. The van der Waals surface area contributed by atoms with Gasteiger partial charge in [-0.15, -0.1) is 0 Å². The van der Waals surface area contributed by atoms with Gasteiger partial charge in [-0.3, -0.25) is 0 Å². The number of nitrogens with zero attached hydrogens (tertiary/aromatic N) is 2. The van der Waals surface area contributed by atoms with Crippen LogP contribution in [0.5, 0.6) is 0 Å². The molecule has 0 unspecified atom stereocenters. The Kier molecular flexibility index (Phi) is 2.30. The summed E-state index contributed by atoms with van der Waals surface area (Å²) in [7, 11) is 0. The van der Waals surface area contributed by atoms with Crippen molar-refractivity contribution in [1.29, 1.82) is 0 Å². The quantitative estimate of drug-likeness (QED) is 0.741. The van der Waals surface area contributed by atoms with Crippen LogP contribution in [0, 0.1) is 5.82 Å². The Bertz CT molecular complexity index is 544. The Morgan fingerprint density at radius 2 is 1.94 bits per heavy atom. The largest absolute Gasteiger partial charge is 0.368 e. The highest BCUT2D eigenvalue weighted by Crippen LogP contribution is 2.29. The maximum Gasteiger partial charge on any atom is 0.220 e. The van der Waals surface area contributed by atoms with E-state index in [-0.39, 0.29) is 17.2 Å². The molecule has 0 saturated heterocycles. The van der Waals surface area contributed by atoms with Crippen LogP contribution in [0.25, 0.3) is 10.9 Å². The zero-order valence-corrected chi connectivity index (χ0v) is 9.58. The van der Waals surface area contributed by atoms with Crippen molar-refractivity contribution in [2.75, 3.05) is 5.73 Å². The summed E-state index contributed by atoms with van der Waals surface area (Å²) in [6.07, 6.45) is 1.43. The van der Waals surface area contributed by atoms with E-state index < -0.39 is 0 Å². The summed E-state index contributed by atoms with van der Waals surface area (Å²) in [4.78, 5) is 7.95. The van der Waals surface area contributed by atoms with E-state index in [2.05, 4.69) is 30.7 Å². The number of aromatic nitrogens is 2. The topological polar surface area (TPSA) is 51.8 Å². The zero-order valence-electron chi connectivity index (χ0n) is 9.58. The lowest BCUT2D eigenvalue weighted by molar-refractivity contribution is 0.590. The van der Waals surface area contributed by atoms with Gasteiger partial charge in [0.25, 0.3) is 0 Å². The van der Waals surface area contributed by atoms with Crippen molar-refractivity contribution in [2.45, 2.75) is 26.2 Å². The van der Waals surface area contributed by atoms with Gasteiger partial charge in [0.1, 0.15) is 5.82 Å². The van der Waals surface area contributed by atoms with E-state index in [9.17, 15) is 4.39 Å². The Balaban J connectivity index is 2.86. The minimum Gasteiger partial charge on any atom is -0.368 e. The van der Waals surface area contributed by atoms with E-state index >= 15 is 0 Å². The molecule has 1 aromatic heterocycles. The predicted octanol–water partition coefficient (Wildman–Crippen LogP) is 2.65. The smallest absolute Gasteiger partial charge is 0.220 e. The van der Waals surface area contributed by atoms with Gasteiger partial charge in [-0.25, -0.2) is 14.4 Å². The molecular formula is C12H14FN3. The monoisotopic (exact) mass is 219 g/mol. The molecule has 0 atom stereocenters. The lowest BCUT2D eigenvalue weighted by atomic mass is 9.85. The van der Waals surface area contributed by atoms with E-state index in [1.165, 1.54) is 12.3 Å². The van der Waals surface area contributed by atoms with Gasteiger partial charge in [-0.2, -0.15) is 0 Å². The standard InChI is InChI=1S/C12H14FN3/c1-12(2,3)8-4-5-9(13)7-6-15-11(14)16-10(7)8/h4-6H,1-3H3,(H2,14,15,16). The van der Waals surface area contributed by atoms with Crippen molar-refractivity contribution in [3.05, 3.63) is 29.7 Å². The van der Waals surface area contributed by atoms with Crippen molar-refractivity contribution >= 4 is 16.9 Å². The average Bonchev–Trinajstić information content (AvgIpc) is 2.15. The maximum absolute atomic E-state index is 13.6. The highest BCUT2D eigenvalue weighted by atomic mass is 19.1. The molecule has 0 aliphatic heterocycles. The summed E-state index contributed by atoms with van der Waals surface area (Å²) >= 11 is 0. The van der Waals surface area contributed by atoms with Crippen LogP contribution in [0.4, 0.5) is 10.3 Å². The minimum absolute atomic E-state index is 0.104. The lowest BCUT2D eigenvalue weighted by Gasteiger charge is -2.20. The molecule has 0 radical (unpaired) electrons. The van der Waals surface area contributed by atoms with Crippen LogP contribution in [0.15, 0.2) is 18.3 Å². The first-order valence-electron chi connectivity index (χ1n) is 5.11. The number of hydrogen-bond acceptors (Lipinski definition) is 3. The van der Waals surface area contributed by atoms with E-state index in [1.807, 2.05) is 0 Å². The Morgan fingerprint density at radius 3 is 2.56 bits per heavy atom. The normalized spacial score (nSPS) is 12.0. The summed E-state index contributed by atoms with van der Waals surface area (Å²) < 4.78 is 13.6. The van der Waals surface area contributed by atoms with E-state index in [0.717, 1.165) is 5.56 Å². The number of anilines is 1. The third-order valence-electron chi connectivity index (χ3n) is 2.52. The molecule has 84 valence electrons. The molecule has 4 heteroatoms. The maximum atomic E-state index is 13.6. The van der Waals surface area contributed by atoms with Gasteiger partial charge in [-0.05, 0) is 17.0 Å². The molecule has 0 saturated carbocycles. The fourth-order valence-corrected chi connectivity index (χ4v) is 1.71. The molecule has 0 amide bonds. The first-order valence-corrected chi connectivity index (χ1v) is 5.11. The summed E-state index contributed by atoms with van der Waals surface area (Å²) in [6.45, 7) is 6.16. The molecule has 0 fully saturated rings. The SMILES string of the molecule is CC(C)(C)c1ccc(F)c2cnc(N)nc12. The molecule has 2 rings (SSSR count). The molecule has 0 aliphatic rings. The van der Waals surface area contributed by atoms with Crippen LogP contribution in [0.3, 0.4) is 0 Å². The van der Waals surface area contributed by atoms with Gasteiger partial charge >= 0.3 is 0 Å². The molecule has 1 aromatic carbocycles. The Labute approximate surface area is 93.5 Å². The minimum atomic E-state index is -0.317. The van der Waals surface area contributed by atoms with Crippen LogP contribution in [0.2, 0.25) is 0 Å². The highest BCUT2D eigenvalue weighted by molar-refractivity contribution is 5.83. The van der Waals surface area contributed by atoms with Crippen LogP contribution in [0.1, 0.15) is 26.3 Å². The van der Waals surface area contributed by atoms with Crippen LogP contribution >= 0.6 is 0 Å². The van der Waals surface area contributed by atoms with E-state index in [4.69, 9.17) is 5.73 Å². The fraction of sp³-hybridized carbons (Fsp3) is 0.333. The predicted molar refractivity (Wildman–Crippen MR) is 62.6 cm³/mol. The van der Waals surface area contributed by atoms with E-state index in [1.54, 1.807) is 6.07 Å². The molecule has 0 aliphatic carbocycles. The van der Waals surface area contributed by atoms with Gasteiger partial charge in [0.2, 0.25) is 5.95 Å². The van der Waals surface area contributed by atoms with Crippen molar-refractivity contribution in [2.24, 2.45) is 0 Å². The zero-order chi connectivity index (χ0) is 11.9. The summed E-state index contributed by atoms with van der Waals surface area (Å²) in [6, 6.07) is 3.20. The summed E-state index contributed by atoms with van der Waals surface area (Å²) in [5.74, 6) is -0.147. The second-order valence-corrected chi connectivity index (χ2v) is 4.84. The summed E-state index contributed by atoms with van der Waals surface area (Å²) in [5.41, 5.74) is 7.00. The Morgan fingerprint density at radius 1 is 1.25 bits per heavy atom. The van der Waals surface area contributed by atoms with Gasteiger partial charge in [-0.1, -0.05) is 26.8 Å². The molecule has 0 spiro atoms. The number of hydrogen-bond donors (Lipinski definition) is 1. The van der Waals surface area contributed by atoms with Gasteiger partial charge in [0, 0.05) is 6.20 Å². The van der Waals surface area contributed by atoms with Crippen molar-refractivity contribution < 1.29 is 4.39 Å². The number of rotatable bonds is 0. The Hall–Kier alpha value is -1.71. The second-order valence-electron chi connectivity index (χ2n) is 4.84. The van der Waals surface area contributed by atoms with Crippen molar-refractivity contribution in [3.63, 3.8) is 0 Å². The first kappa shape index (κ1) is 10.8. The van der Waals surface area contributed by atoms with Crippen molar-refractivity contribution in [3.8, 4) is 0 Å². The van der Waals surface area contributed by atoms with Crippen molar-refractivity contribution in [1.82, 2.24) is 9.97 Å². The third kappa shape index (κ3) is 1.71. The first-order chi connectivity index (χ1) is 7.39. The molecule has 0 bridgehead atoms. The molecule has 3 nitrogen and oxygen atoms in total. The lowest BCUT2D eigenvalue weighted by Crippen LogP contribution is -2.13. The molecular weight excluding hydrogens is 205 g/mol. The van der Waals surface area contributed by atoms with Crippen LogP contribution < -0.4 is 5.73 Å². The molecule has 2 aromatic rings. The van der Waals surface area contributed by atoms with Gasteiger partial charge in [0.05, 0.1) is 10.9 Å². The molecule has 16 heavy (non-hydrogen) atoms. The number of halogens is 1. The van der Waals surface area contributed by atoms with Crippen LogP contribution in [-0.4, -0.2) is 9.97 Å². The van der Waals surface area contributed by atoms with Crippen LogP contribution in [-0.2, 0) is 5.41 Å². The summed E-state index contributed by atoms with van der Waals surface area (Å²) in [5, 5.41) is 0.418. The number of benzene rings is 1. The molecule has 1 heterocycles. The molecule has 2 N–H and O–H groups in total. The number of fused-ring (bicyclic) bond motifs is 1. The highest BCUT2D eigenvalue weighted by Gasteiger charge is 2.19. The van der Waals surface area contributed by atoms with Gasteiger partial charge < -0.3 is 5.73 Å². The average molecular weight is 219 g/mol. The van der Waals surface area contributed by atoms with Gasteiger partial charge in [0.15, 0.2) is 0 Å². The second kappa shape index (κ2) is 3.40.